The van der Waals surface area contributed by atoms with Crippen LogP contribution in [0.1, 0.15) is 11.1 Å². The van der Waals surface area contributed by atoms with Gasteiger partial charge in [0.15, 0.2) is 0 Å². The standard InChI is InChI=1S/C17H12OS2/c18-12-11-15-16(13-7-3-1-4-8-13)17(20-19-15)14-9-5-2-6-10-14/h1-12H. The highest BCUT2D eigenvalue weighted by Gasteiger charge is 2.23. The monoisotopic (exact) mass is 296 g/mol. The zero-order chi connectivity index (χ0) is 13.8. The first kappa shape index (κ1) is 13.3. The molecule has 0 aromatic heterocycles. The molecule has 1 aliphatic heterocycles. The Morgan fingerprint density at radius 2 is 1.35 bits per heavy atom. The third kappa shape index (κ3) is 2.60. The van der Waals surface area contributed by atoms with Gasteiger partial charge in [-0.15, -0.1) is 0 Å². The molecule has 0 N–H and O–H groups in total. The molecule has 0 saturated carbocycles. The first-order valence-corrected chi connectivity index (χ1v) is 8.40. The second-order valence-electron chi connectivity index (χ2n) is 4.27. The molecule has 0 amide bonds. The average Bonchev–Trinajstić information content (AvgIpc) is 2.93. The van der Waals surface area contributed by atoms with Gasteiger partial charge in [-0.05, 0) is 17.2 Å². The number of rotatable bonds is 3. The molecule has 20 heavy (non-hydrogen) atoms. The van der Waals surface area contributed by atoms with Crippen LogP contribution in [0.4, 0.5) is 0 Å². The van der Waals surface area contributed by atoms with Crippen LogP contribution in [-0.2, 0) is 4.79 Å². The fourth-order valence-electron chi connectivity index (χ4n) is 2.11. The molecule has 0 atom stereocenters. The van der Waals surface area contributed by atoms with E-state index >= 15 is 0 Å². The van der Waals surface area contributed by atoms with E-state index in [2.05, 4.69) is 24.3 Å². The smallest absolute Gasteiger partial charge is 0.144 e. The summed E-state index contributed by atoms with van der Waals surface area (Å²) in [5, 5.41) is 0. The van der Waals surface area contributed by atoms with Crippen molar-refractivity contribution >= 4 is 38.4 Å². The van der Waals surface area contributed by atoms with Gasteiger partial charge in [0.2, 0.25) is 0 Å². The van der Waals surface area contributed by atoms with Gasteiger partial charge in [0.1, 0.15) is 6.29 Å². The van der Waals surface area contributed by atoms with Gasteiger partial charge < -0.3 is 0 Å². The van der Waals surface area contributed by atoms with Crippen molar-refractivity contribution in [1.29, 1.82) is 0 Å². The van der Waals surface area contributed by atoms with E-state index in [1.807, 2.05) is 36.4 Å². The van der Waals surface area contributed by atoms with Crippen LogP contribution in [0.5, 0.6) is 0 Å². The summed E-state index contributed by atoms with van der Waals surface area (Å²) >= 11 is 0. The van der Waals surface area contributed by atoms with Gasteiger partial charge in [-0.3, -0.25) is 4.79 Å². The first-order chi connectivity index (χ1) is 9.90. The maximum absolute atomic E-state index is 10.9. The van der Waals surface area contributed by atoms with Crippen molar-refractivity contribution in [3.63, 3.8) is 0 Å². The van der Waals surface area contributed by atoms with E-state index in [-0.39, 0.29) is 0 Å². The third-order valence-electron chi connectivity index (χ3n) is 3.01. The molecule has 0 fully saturated rings. The molecule has 3 rings (SSSR count). The molecule has 3 heteroatoms. The SMILES string of the molecule is O=CC=C1SSC(c2ccccc2)=C1c1ccccc1. The summed E-state index contributed by atoms with van der Waals surface area (Å²) in [5.74, 6) is 0. The first-order valence-electron chi connectivity index (χ1n) is 6.25. The molecule has 98 valence electrons. The van der Waals surface area contributed by atoms with Gasteiger partial charge in [-0.2, -0.15) is 0 Å². The second-order valence-corrected chi connectivity index (χ2v) is 6.45. The fourth-order valence-corrected chi connectivity index (χ4v) is 4.79. The summed E-state index contributed by atoms with van der Waals surface area (Å²) in [7, 11) is 3.36. The number of hydrogen-bond acceptors (Lipinski definition) is 3. The Kier molecular flexibility index (Phi) is 4.09. The van der Waals surface area contributed by atoms with Crippen molar-refractivity contribution in [3.05, 3.63) is 82.8 Å². The number of hydrogen-bond donors (Lipinski definition) is 0. The van der Waals surface area contributed by atoms with Gasteiger partial charge in [-0.25, -0.2) is 0 Å². The zero-order valence-corrected chi connectivity index (χ0v) is 12.3. The quantitative estimate of drug-likeness (QED) is 0.449. The Morgan fingerprint density at radius 3 is 1.95 bits per heavy atom. The Bertz CT molecular complexity index is 673. The summed E-state index contributed by atoms with van der Waals surface area (Å²) in [6.45, 7) is 0. The highest BCUT2D eigenvalue weighted by molar-refractivity contribution is 8.82. The van der Waals surface area contributed by atoms with Crippen LogP contribution in [0.3, 0.4) is 0 Å². The van der Waals surface area contributed by atoms with E-state index in [4.69, 9.17) is 0 Å². The molecule has 0 unspecified atom stereocenters. The van der Waals surface area contributed by atoms with Crippen LogP contribution in [0, 0.1) is 0 Å². The van der Waals surface area contributed by atoms with Crippen LogP contribution in [0.2, 0.25) is 0 Å². The largest absolute Gasteiger partial charge is 0.299 e. The molecule has 1 nitrogen and oxygen atoms in total. The van der Waals surface area contributed by atoms with E-state index in [1.54, 1.807) is 27.7 Å². The maximum Gasteiger partial charge on any atom is 0.144 e. The van der Waals surface area contributed by atoms with Crippen LogP contribution in [-0.4, -0.2) is 6.29 Å². The van der Waals surface area contributed by atoms with Gasteiger partial charge >= 0.3 is 0 Å². The second kappa shape index (κ2) is 6.16. The predicted molar refractivity (Wildman–Crippen MR) is 89.0 cm³/mol. The Hall–Kier alpha value is -1.71. The predicted octanol–water partition coefficient (Wildman–Crippen LogP) is 5.03. The summed E-state index contributed by atoms with van der Waals surface area (Å²) in [4.78, 5) is 13.1. The summed E-state index contributed by atoms with van der Waals surface area (Å²) in [6, 6.07) is 20.5. The lowest BCUT2D eigenvalue weighted by Crippen LogP contribution is -1.87. The minimum absolute atomic E-state index is 0.861. The number of benzene rings is 2. The summed E-state index contributed by atoms with van der Waals surface area (Å²) < 4.78 is 0. The van der Waals surface area contributed by atoms with Crippen molar-refractivity contribution in [2.24, 2.45) is 0 Å². The highest BCUT2D eigenvalue weighted by atomic mass is 33.1. The lowest BCUT2D eigenvalue weighted by atomic mass is 10.0. The molecule has 0 bridgehead atoms. The van der Waals surface area contributed by atoms with Crippen LogP contribution >= 0.6 is 21.6 Å². The highest BCUT2D eigenvalue weighted by Crippen LogP contribution is 2.57. The van der Waals surface area contributed by atoms with E-state index in [1.165, 1.54) is 10.5 Å². The number of carbonyl (C=O) groups is 1. The Labute approximate surface area is 126 Å². The molecule has 1 heterocycles. The number of aldehydes is 1. The lowest BCUT2D eigenvalue weighted by Gasteiger charge is -2.07. The minimum atomic E-state index is 0.861. The van der Waals surface area contributed by atoms with Crippen molar-refractivity contribution in [2.75, 3.05) is 0 Å². The molecule has 0 saturated heterocycles. The van der Waals surface area contributed by atoms with E-state index < -0.39 is 0 Å². The normalized spacial score (nSPS) is 16.7. The van der Waals surface area contributed by atoms with Crippen molar-refractivity contribution < 1.29 is 4.79 Å². The van der Waals surface area contributed by atoms with Gasteiger partial charge in [0, 0.05) is 15.4 Å². The summed E-state index contributed by atoms with van der Waals surface area (Å²) in [5.41, 5.74) is 3.49. The number of carbonyl (C=O) groups excluding carboxylic acids is 1. The summed E-state index contributed by atoms with van der Waals surface area (Å²) in [6.07, 6.45) is 2.51. The molecule has 1 aliphatic rings. The Morgan fingerprint density at radius 1 is 0.750 bits per heavy atom. The number of allylic oxidation sites excluding steroid dienone is 2. The van der Waals surface area contributed by atoms with E-state index in [0.29, 0.717) is 0 Å². The van der Waals surface area contributed by atoms with Gasteiger partial charge in [0.05, 0.1) is 0 Å². The molecule has 0 spiro atoms. The van der Waals surface area contributed by atoms with Crippen LogP contribution < -0.4 is 0 Å². The molecule has 2 aromatic rings. The zero-order valence-electron chi connectivity index (χ0n) is 10.7. The average molecular weight is 296 g/mol. The topological polar surface area (TPSA) is 17.1 Å². The van der Waals surface area contributed by atoms with Gasteiger partial charge in [0.25, 0.3) is 0 Å². The molecular weight excluding hydrogens is 284 g/mol. The Balaban J connectivity index is 2.19. The van der Waals surface area contributed by atoms with E-state index in [0.717, 1.165) is 22.3 Å². The third-order valence-corrected chi connectivity index (χ3v) is 5.50. The molecular formula is C17H12OS2. The van der Waals surface area contributed by atoms with Crippen LogP contribution in [0.25, 0.3) is 10.5 Å². The van der Waals surface area contributed by atoms with Crippen molar-refractivity contribution in [2.45, 2.75) is 0 Å². The molecule has 0 radical (unpaired) electrons. The van der Waals surface area contributed by atoms with Gasteiger partial charge in [-0.1, -0.05) is 82.3 Å². The molecule has 0 aliphatic carbocycles. The lowest BCUT2D eigenvalue weighted by molar-refractivity contribution is -0.104. The van der Waals surface area contributed by atoms with Crippen molar-refractivity contribution in [1.82, 2.24) is 0 Å². The minimum Gasteiger partial charge on any atom is -0.299 e. The fraction of sp³-hybridized carbons (Fsp3) is 0. The van der Waals surface area contributed by atoms with E-state index in [9.17, 15) is 4.79 Å². The van der Waals surface area contributed by atoms with Crippen LogP contribution in [0.15, 0.2) is 71.6 Å². The maximum atomic E-state index is 10.9. The van der Waals surface area contributed by atoms with Crippen molar-refractivity contribution in [3.8, 4) is 0 Å². The molecule has 2 aromatic carbocycles.